The summed E-state index contributed by atoms with van der Waals surface area (Å²) < 4.78 is 16.8. The molecule has 1 atom stereocenters. The maximum absolute atomic E-state index is 10.1. The van der Waals surface area contributed by atoms with Crippen molar-refractivity contribution in [2.24, 2.45) is 0 Å². The van der Waals surface area contributed by atoms with Crippen LogP contribution in [-0.2, 0) is 13.1 Å². The van der Waals surface area contributed by atoms with E-state index in [1.54, 1.807) is 25.3 Å². The van der Waals surface area contributed by atoms with E-state index in [1.807, 2.05) is 27.7 Å². The second-order valence-corrected chi connectivity index (χ2v) is 10.0. The van der Waals surface area contributed by atoms with Gasteiger partial charge in [0.15, 0.2) is 5.82 Å². The summed E-state index contributed by atoms with van der Waals surface area (Å²) in [6, 6.07) is 5.33. The molecule has 11 heteroatoms. The molecule has 0 radical (unpaired) electrons. The zero-order valence-electron chi connectivity index (χ0n) is 22.7. The number of nitrogens with zero attached hydrogens (tertiary/aromatic N) is 6. The molecule has 0 fully saturated rings. The summed E-state index contributed by atoms with van der Waals surface area (Å²) >= 11 is 6.68. The quantitative estimate of drug-likeness (QED) is 0.296. The Hall–Kier alpha value is -3.76. The Bertz CT molecular complexity index is 1490. The average Bonchev–Trinajstić information content (AvgIpc) is 3.51. The standard InChI is InChI=1S/C28H31ClN6O4/c1-6-7-18(36)13-38-19-8-9-22(29)20(10-19)26-32-25(24-16(3)34-39-17(24)4)15(2)27(33-26)35-11-21-23(12-35)30-14-31-28(21)37-5/h8-10,14,18,36H,6-7,11-13H2,1-5H3/t18-/m1/s1. The maximum atomic E-state index is 10.1. The summed E-state index contributed by atoms with van der Waals surface area (Å²) in [5.41, 5.74) is 5.56. The van der Waals surface area contributed by atoms with Gasteiger partial charge in [0.25, 0.3) is 0 Å². The predicted octanol–water partition coefficient (Wildman–Crippen LogP) is 5.24. The van der Waals surface area contributed by atoms with Crippen LogP contribution in [0.4, 0.5) is 5.82 Å². The van der Waals surface area contributed by atoms with E-state index in [0.717, 1.165) is 40.3 Å². The highest BCUT2D eigenvalue weighted by Crippen LogP contribution is 2.39. The minimum Gasteiger partial charge on any atom is -0.491 e. The Kier molecular flexibility index (Phi) is 7.67. The Morgan fingerprint density at radius 3 is 2.69 bits per heavy atom. The van der Waals surface area contributed by atoms with Crippen LogP contribution in [0.25, 0.3) is 22.6 Å². The van der Waals surface area contributed by atoms with Gasteiger partial charge < -0.3 is 24.0 Å². The van der Waals surface area contributed by atoms with E-state index in [2.05, 4.69) is 20.0 Å². The zero-order valence-corrected chi connectivity index (χ0v) is 23.4. The number of aryl methyl sites for hydroxylation is 2. The van der Waals surface area contributed by atoms with Gasteiger partial charge in [0.05, 0.1) is 59.5 Å². The van der Waals surface area contributed by atoms with Crippen molar-refractivity contribution in [1.29, 1.82) is 0 Å². The summed E-state index contributed by atoms with van der Waals surface area (Å²) in [6.45, 7) is 9.03. The highest BCUT2D eigenvalue weighted by molar-refractivity contribution is 6.33. The lowest BCUT2D eigenvalue weighted by Gasteiger charge is -2.22. The smallest absolute Gasteiger partial charge is 0.221 e. The normalized spacial score (nSPS) is 13.5. The highest BCUT2D eigenvalue weighted by atomic mass is 35.5. The summed E-state index contributed by atoms with van der Waals surface area (Å²) in [7, 11) is 1.60. The summed E-state index contributed by atoms with van der Waals surface area (Å²) in [5.74, 6) is 2.96. The number of aliphatic hydroxyl groups is 1. The molecular weight excluding hydrogens is 520 g/mol. The van der Waals surface area contributed by atoms with Crippen molar-refractivity contribution in [2.45, 2.75) is 59.7 Å². The minimum absolute atomic E-state index is 0.189. The third-order valence-electron chi connectivity index (χ3n) is 6.81. The number of rotatable bonds is 9. The van der Waals surface area contributed by atoms with Gasteiger partial charge in [-0.2, -0.15) is 0 Å². The number of hydrogen-bond donors (Lipinski definition) is 1. The lowest BCUT2D eigenvalue weighted by atomic mass is 10.0. The molecule has 0 spiro atoms. The van der Waals surface area contributed by atoms with Gasteiger partial charge in [-0.05, 0) is 45.4 Å². The first-order valence-electron chi connectivity index (χ1n) is 12.8. The first-order valence-corrected chi connectivity index (χ1v) is 13.2. The Morgan fingerprint density at radius 1 is 1.15 bits per heavy atom. The maximum Gasteiger partial charge on any atom is 0.221 e. The van der Waals surface area contributed by atoms with Crippen LogP contribution < -0.4 is 14.4 Å². The number of aromatic nitrogens is 5. The number of halogens is 1. The number of ether oxygens (including phenoxy) is 2. The minimum atomic E-state index is -0.542. The fourth-order valence-corrected chi connectivity index (χ4v) is 5.05. The average molecular weight is 551 g/mol. The molecule has 204 valence electrons. The summed E-state index contributed by atoms with van der Waals surface area (Å²) in [6.07, 6.45) is 2.51. The van der Waals surface area contributed by atoms with Gasteiger partial charge >= 0.3 is 0 Å². The molecule has 0 aliphatic carbocycles. The molecule has 10 nitrogen and oxygen atoms in total. The monoisotopic (exact) mass is 550 g/mol. The Labute approximate surface area is 232 Å². The van der Waals surface area contributed by atoms with Gasteiger partial charge in [-0.1, -0.05) is 30.1 Å². The molecule has 1 aliphatic heterocycles. The molecule has 0 saturated heterocycles. The van der Waals surface area contributed by atoms with Gasteiger partial charge in [0.1, 0.15) is 30.3 Å². The number of hydrogen-bond acceptors (Lipinski definition) is 10. The second-order valence-electron chi connectivity index (χ2n) is 9.60. The van der Waals surface area contributed by atoms with Crippen molar-refractivity contribution < 1.29 is 19.1 Å². The van der Waals surface area contributed by atoms with Crippen LogP contribution in [0.15, 0.2) is 29.0 Å². The molecule has 4 heterocycles. The van der Waals surface area contributed by atoms with E-state index in [0.29, 0.717) is 59.0 Å². The first kappa shape index (κ1) is 26.8. The van der Waals surface area contributed by atoms with Crippen LogP contribution in [0.2, 0.25) is 5.02 Å². The second kappa shape index (κ2) is 11.2. The largest absolute Gasteiger partial charge is 0.491 e. The van der Waals surface area contributed by atoms with Crippen LogP contribution >= 0.6 is 11.6 Å². The molecule has 39 heavy (non-hydrogen) atoms. The summed E-state index contributed by atoms with van der Waals surface area (Å²) in [4.78, 5) is 20.8. The van der Waals surface area contributed by atoms with Crippen LogP contribution in [0.5, 0.6) is 11.6 Å². The van der Waals surface area contributed by atoms with Crippen LogP contribution in [0.1, 0.15) is 48.0 Å². The van der Waals surface area contributed by atoms with Crippen LogP contribution in [0, 0.1) is 20.8 Å². The van der Waals surface area contributed by atoms with Gasteiger partial charge in [-0.15, -0.1) is 0 Å². The Balaban J connectivity index is 1.61. The number of methoxy groups -OCH3 is 1. The molecule has 1 N–H and O–H groups in total. The highest BCUT2D eigenvalue weighted by Gasteiger charge is 2.29. The lowest BCUT2D eigenvalue weighted by molar-refractivity contribution is 0.0994. The van der Waals surface area contributed by atoms with Gasteiger partial charge in [0, 0.05) is 11.1 Å². The lowest BCUT2D eigenvalue weighted by Crippen LogP contribution is -2.19. The molecule has 0 amide bonds. The van der Waals surface area contributed by atoms with Crippen molar-refractivity contribution in [2.75, 3.05) is 18.6 Å². The number of aliphatic hydroxyl groups excluding tert-OH is 1. The molecule has 1 aliphatic rings. The number of fused-ring (bicyclic) bond motifs is 1. The van der Waals surface area contributed by atoms with E-state index in [4.69, 9.17) is 35.6 Å². The fourth-order valence-electron chi connectivity index (χ4n) is 4.85. The van der Waals surface area contributed by atoms with E-state index in [9.17, 15) is 5.11 Å². The molecule has 0 saturated carbocycles. The molecule has 3 aromatic heterocycles. The Morgan fingerprint density at radius 2 is 1.97 bits per heavy atom. The van der Waals surface area contributed by atoms with Crippen molar-refractivity contribution in [1.82, 2.24) is 25.1 Å². The molecule has 5 rings (SSSR count). The van der Waals surface area contributed by atoms with E-state index in [1.165, 1.54) is 6.33 Å². The topological polar surface area (TPSA) is 120 Å². The predicted molar refractivity (Wildman–Crippen MR) is 147 cm³/mol. The third-order valence-corrected chi connectivity index (χ3v) is 7.14. The number of anilines is 1. The van der Waals surface area contributed by atoms with Crippen LogP contribution in [0.3, 0.4) is 0 Å². The molecule has 4 aromatic rings. The number of benzene rings is 1. The van der Waals surface area contributed by atoms with Gasteiger partial charge in [0.2, 0.25) is 5.88 Å². The van der Waals surface area contributed by atoms with Gasteiger partial charge in [-0.3, -0.25) is 0 Å². The van der Waals surface area contributed by atoms with Crippen molar-refractivity contribution in [3.8, 4) is 34.3 Å². The molecular formula is C28H31ClN6O4. The van der Waals surface area contributed by atoms with E-state index in [-0.39, 0.29) is 6.61 Å². The fraction of sp³-hybridized carbons (Fsp3) is 0.393. The van der Waals surface area contributed by atoms with Crippen molar-refractivity contribution in [3.63, 3.8) is 0 Å². The SMILES string of the molecule is CCC[C@@H](O)COc1ccc(Cl)c(-c2nc(-c3c(C)noc3C)c(C)c(N3Cc4ncnc(OC)c4C3)n2)c1. The van der Waals surface area contributed by atoms with E-state index < -0.39 is 6.10 Å². The molecule has 1 aromatic carbocycles. The van der Waals surface area contributed by atoms with Crippen molar-refractivity contribution in [3.05, 3.63) is 57.8 Å². The van der Waals surface area contributed by atoms with Crippen LogP contribution in [-0.4, -0.2) is 50.0 Å². The first-order chi connectivity index (χ1) is 18.8. The molecule has 0 unspecified atom stereocenters. The third kappa shape index (κ3) is 5.26. The van der Waals surface area contributed by atoms with Gasteiger partial charge in [-0.25, -0.2) is 19.9 Å². The summed E-state index contributed by atoms with van der Waals surface area (Å²) in [5, 5.41) is 14.8. The van der Waals surface area contributed by atoms with Crippen molar-refractivity contribution >= 4 is 17.4 Å². The zero-order chi connectivity index (χ0) is 27.7. The molecule has 0 bridgehead atoms. The van der Waals surface area contributed by atoms with E-state index >= 15 is 0 Å².